The van der Waals surface area contributed by atoms with E-state index in [2.05, 4.69) is 12.0 Å². The van der Waals surface area contributed by atoms with Crippen molar-refractivity contribution < 1.29 is 23.8 Å². The summed E-state index contributed by atoms with van der Waals surface area (Å²) >= 11 is 0. The van der Waals surface area contributed by atoms with Crippen LogP contribution in [0.4, 0.5) is 0 Å². The Labute approximate surface area is 179 Å². The Bertz CT molecular complexity index is 466. The average molecular weight is 436 g/mol. The Hall–Kier alpha value is -0.420. The van der Waals surface area contributed by atoms with Crippen molar-refractivity contribution in [3.8, 4) is 0 Å². The molecule has 0 fully saturated rings. The Morgan fingerprint density at radius 1 is 0.862 bits per heavy atom. The van der Waals surface area contributed by atoms with Crippen LogP contribution in [0.2, 0.25) is 0 Å². The number of aliphatic carboxylic acids is 1. The van der Waals surface area contributed by atoms with Gasteiger partial charge >= 0.3 is 5.97 Å². The highest BCUT2D eigenvalue weighted by atomic mass is 31.2. The molecule has 29 heavy (non-hydrogen) atoms. The van der Waals surface area contributed by atoms with Crippen molar-refractivity contribution in [1.29, 1.82) is 0 Å². The summed E-state index contributed by atoms with van der Waals surface area (Å²) in [6.45, 7) is 2.74. The minimum Gasteiger partial charge on any atom is -0.481 e. The van der Waals surface area contributed by atoms with Crippen molar-refractivity contribution >= 4 is 13.5 Å². The van der Waals surface area contributed by atoms with Crippen molar-refractivity contribution in [3.63, 3.8) is 0 Å². The predicted molar refractivity (Wildman–Crippen MR) is 122 cm³/mol. The van der Waals surface area contributed by atoms with E-state index in [1.165, 1.54) is 64.2 Å². The van der Waals surface area contributed by atoms with E-state index in [1.807, 2.05) is 21.1 Å². The van der Waals surface area contributed by atoms with E-state index in [4.69, 9.17) is 5.11 Å². The Balaban J connectivity index is 3.82. The zero-order valence-corrected chi connectivity index (χ0v) is 20.4. The van der Waals surface area contributed by atoms with E-state index in [1.54, 1.807) is 0 Å². The zero-order chi connectivity index (χ0) is 22.2. The van der Waals surface area contributed by atoms with Gasteiger partial charge < -0.3 is 14.5 Å². The maximum atomic E-state index is 12.4. The van der Waals surface area contributed by atoms with Crippen LogP contribution >= 0.6 is 7.52 Å². The van der Waals surface area contributed by atoms with E-state index >= 15 is 0 Å². The van der Waals surface area contributed by atoms with Crippen molar-refractivity contribution in [2.45, 2.75) is 103 Å². The van der Waals surface area contributed by atoms with Gasteiger partial charge in [0.25, 0.3) is 7.52 Å². The van der Waals surface area contributed by atoms with Gasteiger partial charge in [-0.15, -0.1) is 0 Å². The molecule has 0 radical (unpaired) electrons. The van der Waals surface area contributed by atoms with Crippen LogP contribution < -0.4 is 5.09 Å². The van der Waals surface area contributed by atoms with Crippen LogP contribution in [0.3, 0.4) is 0 Å². The second kappa shape index (κ2) is 16.3. The van der Waals surface area contributed by atoms with Gasteiger partial charge in [-0.1, -0.05) is 84.0 Å². The summed E-state index contributed by atoms with van der Waals surface area (Å²) in [4.78, 5) is 21.3. The number of likely N-dealkylation sites (N-methyl/N-ethyl adjacent to an activating group) is 1. The molecule has 7 heteroatoms. The molecule has 0 aromatic rings. The first kappa shape index (κ1) is 28.6. The van der Waals surface area contributed by atoms with Crippen LogP contribution in [0.1, 0.15) is 96.8 Å². The fourth-order valence-corrected chi connectivity index (χ4v) is 5.24. The van der Waals surface area contributed by atoms with Crippen LogP contribution in [-0.2, 0) is 9.36 Å². The first-order valence-corrected chi connectivity index (χ1v) is 13.5. The Kier molecular flexibility index (Phi) is 16.1. The molecule has 0 aliphatic rings. The van der Waals surface area contributed by atoms with Crippen LogP contribution in [-0.4, -0.2) is 60.3 Å². The number of hydrogen-bond donors (Lipinski definition) is 3. The van der Waals surface area contributed by atoms with Crippen molar-refractivity contribution in [2.75, 3.05) is 33.8 Å². The topological polar surface area (TPSA) is 86.6 Å². The van der Waals surface area contributed by atoms with Crippen molar-refractivity contribution in [3.05, 3.63) is 0 Å². The van der Waals surface area contributed by atoms with Gasteiger partial charge in [0.05, 0.1) is 40.2 Å². The van der Waals surface area contributed by atoms with Gasteiger partial charge in [0.2, 0.25) is 0 Å². The van der Waals surface area contributed by atoms with E-state index in [-0.39, 0.29) is 12.6 Å². The molecule has 0 saturated heterocycles. The third-order valence-corrected chi connectivity index (χ3v) is 6.83. The van der Waals surface area contributed by atoms with Crippen LogP contribution in [0.5, 0.6) is 0 Å². The molecule has 0 rings (SSSR count). The van der Waals surface area contributed by atoms with Gasteiger partial charge in [0, 0.05) is 6.16 Å². The molecule has 0 aromatic heterocycles. The largest absolute Gasteiger partial charge is 0.481 e. The quantitative estimate of drug-likeness (QED) is 0.135. The van der Waals surface area contributed by atoms with Crippen LogP contribution in [0.15, 0.2) is 0 Å². The molecular formula is C22H48N2O4P+. The van der Waals surface area contributed by atoms with E-state index in [9.17, 15) is 14.3 Å². The molecule has 0 bridgehead atoms. The number of rotatable bonds is 20. The molecule has 0 amide bonds. The lowest BCUT2D eigenvalue weighted by Gasteiger charge is -2.30. The molecule has 0 saturated carbocycles. The molecule has 6 nitrogen and oxygen atoms in total. The average Bonchev–Trinajstić information content (AvgIpc) is 2.56. The summed E-state index contributed by atoms with van der Waals surface area (Å²) in [5.74, 6) is -0.947. The van der Waals surface area contributed by atoms with E-state index < -0.39 is 19.5 Å². The van der Waals surface area contributed by atoms with Gasteiger partial charge in [-0.2, -0.15) is 0 Å². The standard InChI is InChI=1S/C22H47N2O4P/c1-5-6-7-8-9-10-11-12-13-14-15-16-17-18-29(27,28)23-21(19-22(25)26)20-24(2,3)4/h21H,5-20H2,1-4H3,(H2-,23,25,26,27,28)/p+1/t21-/m1/s1. The summed E-state index contributed by atoms with van der Waals surface area (Å²) in [6, 6.07) is -0.495. The lowest BCUT2D eigenvalue weighted by Crippen LogP contribution is -2.47. The number of carboxylic acids is 1. The number of carbonyl (C=O) groups is 1. The first-order valence-electron chi connectivity index (χ1n) is 11.7. The molecule has 0 aromatic carbocycles. The number of nitrogens with one attached hydrogen (secondary N) is 1. The molecular weight excluding hydrogens is 387 g/mol. The molecule has 0 heterocycles. The molecule has 0 aliphatic carbocycles. The van der Waals surface area contributed by atoms with Crippen LogP contribution in [0.25, 0.3) is 0 Å². The monoisotopic (exact) mass is 435 g/mol. The number of hydrogen-bond acceptors (Lipinski definition) is 2. The van der Waals surface area contributed by atoms with Gasteiger partial charge in [-0.3, -0.25) is 9.36 Å². The van der Waals surface area contributed by atoms with Crippen LogP contribution in [0, 0.1) is 0 Å². The highest BCUT2D eigenvalue weighted by Gasteiger charge is 2.28. The molecule has 2 atom stereocenters. The second-order valence-electron chi connectivity index (χ2n) is 9.56. The number of carboxylic acid groups (broad SMARTS) is 1. The lowest BCUT2D eigenvalue weighted by atomic mass is 10.1. The Morgan fingerprint density at radius 3 is 1.66 bits per heavy atom. The summed E-state index contributed by atoms with van der Waals surface area (Å²) in [5, 5.41) is 11.8. The first-order chi connectivity index (χ1) is 13.6. The Morgan fingerprint density at radius 2 is 1.28 bits per heavy atom. The maximum absolute atomic E-state index is 12.4. The molecule has 0 spiro atoms. The summed E-state index contributed by atoms with van der Waals surface area (Å²) in [6.07, 6.45) is 16.1. The smallest absolute Gasteiger partial charge is 0.305 e. The second-order valence-corrected chi connectivity index (χ2v) is 11.7. The third-order valence-electron chi connectivity index (χ3n) is 5.14. The SMILES string of the molecule is CCCCCCCCCCCCCCCP(=O)(O)N[C@H](CC(=O)O)C[N+](C)(C)C. The van der Waals surface area contributed by atoms with Gasteiger partial charge in [-0.05, 0) is 6.42 Å². The van der Waals surface area contributed by atoms with Gasteiger partial charge in [0.1, 0.15) is 0 Å². The fourth-order valence-electron chi connectivity index (χ4n) is 3.72. The van der Waals surface area contributed by atoms with E-state index in [0.29, 0.717) is 17.4 Å². The minimum atomic E-state index is -3.50. The minimum absolute atomic E-state index is 0.140. The van der Waals surface area contributed by atoms with Gasteiger partial charge in [0.15, 0.2) is 0 Å². The predicted octanol–water partition coefficient (Wildman–Crippen LogP) is 5.40. The highest BCUT2D eigenvalue weighted by molar-refractivity contribution is 7.55. The normalized spacial score (nSPS) is 15.2. The maximum Gasteiger partial charge on any atom is 0.305 e. The third kappa shape index (κ3) is 20.6. The van der Waals surface area contributed by atoms with Gasteiger partial charge in [-0.25, -0.2) is 5.09 Å². The molecule has 1 unspecified atom stereocenters. The molecule has 0 aliphatic heterocycles. The molecule has 3 N–H and O–H groups in total. The van der Waals surface area contributed by atoms with Crippen molar-refractivity contribution in [2.24, 2.45) is 0 Å². The fraction of sp³-hybridized carbons (Fsp3) is 0.955. The number of quaternary nitrogens is 1. The summed E-state index contributed by atoms with van der Waals surface area (Å²) < 4.78 is 13.0. The molecule has 174 valence electrons. The summed E-state index contributed by atoms with van der Waals surface area (Å²) in [5.41, 5.74) is 0. The zero-order valence-electron chi connectivity index (χ0n) is 19.5. The highest BCUT2D eigenvalue weighted by Crippen LogP contribution is 2.38. The number of unbranched alkanes of at least 4 members (excludes halogenated alkanes) is 12. The van der Waals surface area contributed by atoms with E-state index in [0.717, 1.165) is 12.8 Å². The van der Waals surface area contributed by atoms with Crippen molar-refractivity contribution in [1.82, 2.24) is 5.09 Å². The summed E-state index contributed by atoms with van der Waals surface area (Å²) in [7, 11) is 2.35. The lowest BCUT2D eigenvalue weighted by molar-refractivity contribution is -0.871. The number of nitrogens with zero attached hydrogens (tertiary/aromatic N) is 1.